The van der Waals surface area contributed by atoms with Crippen molar-refractivity contribution in [2.75, 3.05) is 6.26 Å². The molecule has 0 saturated carbocycles. The van der Waals surface area contributed by atoms with E-state index in [0.29, 0.717) is 0 Å². The molecule has 23 heavy (non-hydrogen) atoms. The smallest absolute Gasteiger partial charge is 0.305 e. The first-order valence-electron chi connectivity index (χ1n) is 6.63. The summed E-state index contributed by atoms with van der Waals surface area (Å²) in [4.78, 5) is 24.1. The van der Waals surface area contributed by atoms with Gasteiger partial charge in [-0.2, -0.15) is 0 Å². The zero-order chi connectivity index (χ0) is 17.0. The number of aliphatic carboxylic acids is 1. The van der Waals surface area contributed by atoms with Crippen molar-refractivity contribution in [2.24, 2.45) is 0 Å². The van der Waals surface area contributed by atoms with Gasteiger partial charge < -0.3 is 10.4 Å². The fraction of sp³-hybridized carbons (Fsp3) is 0.200. The summed E-state index contributed by atoms with van der Waals surface area (Å²) in [5.41, 5.74) is 0.167. The Kier molecular flexibility index (Phi) is 5.17. The van der Waals surface area contributed by atoms with Crippen LogP contribution in [0.15, 0.2) is 46.7 Å². The van der Waals surface area contributed by atoms with Crippen LogP contribution in [0.25, 0.3) is 0 Å². The molecule has 0 aliphatic heterocycles. The Hall–Kier alpha value is -2.19. The first-order valence-corrected chi connectivity index (χ1v) is 9.40. The van der Waals surface area contributed by atoms with E-state index in [0.717, 1.165) is 11.1 Å². The van der Waals surface area contributed by atoms with Crippen LogP contribution < -0.4 is 5.32 Å². The van der Waals surface area contributed by atoms with Crippen LogP contribution in [0.2, 0.25) is 0 Å². The van der Waals surface area contributed by atoms with E-state index in [9.17, 15) is 18.0 Å². The van der Waals surface area contributed by atoms with Crippen molar-refractivity contribution in [1.29, 1.82) is 0 Å². The van der Waals surface area contributed by atoms with Crippen molar-refractivity contribution in [1.82, 2.24) is 5.32 Å². The molecule has 0 aliphatic rings. The summed E-state index contributed by atoms with van der Waals surface area (Å²) in [6, 6.07) is 8.48. The number of rotatable bonds is 6. The minimum atomic E-state index is -3.42. The molecule has 6 nitrogen and oxygen atoms in total. The van der Waals surface area contributed by atoms with Gasteiger partial charge >= 0.3 is 5.97 Å². The van der Waals surface area contributed by atoms with Crippen molar-refractivity contribution in [2.45, 2.75) is 17.4 Å². The van der Waals surface area contributed by atoms with E-state index >= 15 is 0 Å². The number of amides is 1. The van der Waals surface area contributed by atoms with E-state index in [2.05, 4.69) is 5.32 Å². The van der Waals surface area contributed by atoms with Crippen LogP contribution in [0, 0.1) is 0 Å². The highest BCUT2D eigenvalue weighted by Crippen LogP contribution is 2.23. The number of hydrogen-bond acceptors (Lipinski definition) is 5. The lowest BCUT2D eigenvalue weighted by molar-refractivity contribution is -0.137. The second-order valence-electron chi connectivity index (χ2n) is 4.94. The number of carboxylic acids is 1. The number of hydrogen-bond donors (Lipinski definition) is 2. The van der Waals surface area contributed by atoms with Gasteiger partial charge in [-0.1, -0.05) is 12.1 Å². The summed E-state index contributed by atoms with van der Waals surface area (Å²) in [7, 11) is -3.42. The van der Waals surface area contributed by atoms with Crippen LogP contribution in [0.5, 0.6) is 0 Å². The van der Waals surface area contributed by atoms with Gasteiger partial charge in [0.05, 0.1) is 17.4 Å². The zero-order valence-corrected chi connectivity index (χ0v) is 13.9. The molecule has 8 heteroatoms. The van der Waals surface area contributed by atoms with Crippen molar-refractivity contribution in [3.05, 3.63) is 52.2 Å². The van der Waals surface area contributed by atoms with Gasteiger partial charge in [-0.25, -0.2) is 8.42 Å². The molecule has 1 aromatic heterocycles. The van der Waals surface area contributed by atoms with Crippen molar-refractivity contribution >= 4 is 33.1 Å². The van der Waals surface area contributed by atoms with Crippen molar-refractivity contribution in [3.8, 4) is 0 Å². The second-order valence-corrected chi connectivity index (χ2v) is 7.93. The Bertz CT molecular complexity index is 812. The molecule has 2 N–H and O–H groups in total. The summed E-state index contributed by atoms with van der Waals surface area (Å²) in [6.07, 6.45) is 0.806. The number of carbonyl (C=O) groups is 2. The molecule has 0 radical (unpaired) electrons. The van der Waals surface area contributed by atoms with Crippen LogP contribution in [0.3, 0.4) is 0 Å². The second kappa shape index (κ2) is 6.93. The van der Waals surface area contributed by atoms with Crippen LogP contribution in [-0.2, 0) is 14.6 Å². The highest BCUT2D eigenvalue weighted by atomic mass is 32.2. The number of nitrogens with one attached hydrogen (secondary N) is 1. The zero-order valence-electron chi connectivity index (χ0n) is 12.2. The van der Waals surface area contributed by atoms with Gasteiger partial charge in [0.1, 0.15) is 0 Å². The van der Waals surface area contributed by atoms with Crippen LogP contribution in [0.4, 0.5) is 0 Å². The Balaban J connectivity index is 2.24. The molecule has 0 spiro atoms. The van der Waals surface area contributed by atoms with Gasteiger partial charge in [-0.15, -0.1) is 11.3 Å². The minimum absolute atomic E-state index is 0.0380. The molecule has 2 aromatic rings. The lowest BCUT2D eigenvalue weighted by Crippen LogP contribution is -2.29. The van der Waals surface area contributed by atoms with Crippen LogP contribution >= 0.6 is 11.3 Å². The molecule has 0 saturated heterocycles. The molecular formula is C15H15NO5S2. The van der Waals surface area contributed by atoms with Gasteiger partial charge in [0.2, 0.25) is 0 Å². The largest absolute Gasteiger partial charge is 0.481 e. The fourth-order valence-corrected chi connectivity index (χ4v) is 3.44. The standard InChI is InChI=1S/C15H15NO5S2/c1-23(20,21)11-5-2-4-10(8-11)15(19)16-12(9-14(17)18)13-6-3-7-22-13/h2-8,12H,9H2,1H3,(H,16,19)(H,17,18). The van der Waals surface area contributed by atoms with Gasteiger partial charge in [-0.3, -0.25) is 9.59 Å². The number of carbonyl (C=O) groups excluding carboxylic acids is 1. The fourth-order valence-electron chi connectivity index (χ4n) is 2.00. The molecule has 0 fully saturated rings. The van der Waals surface area contributed by atoms with Gasteiger partial charge in [0, 0.05) is 16.7 Å². The first-order chi connectivity index (χ1) is 10.8. The highest BCUT2D eigenvalue weighted by molar-refractivity contribution is 7.90. The maximum atomic E-state index is 12.3. The molecule has 1 atom stereocenters. The highest BCUT2D eigenvalue weighted by Gasteiger charge is 2.20. The summed E-state index contributed by atoms with van der Waals surface area (Å²) in [5.74, 6) is -1.55. The minimum Gasteiger partial charge on any atom is -0.481 e. The average molecular weight is 353 g/mol. The van der Waals surface area contributed by atoms with Crippen LogP contribution in [0.1, 0.15) is 27.7 Å². The quantitative estimate of drug-likeness (QED) is 0.828. The Morgan fingerprint density at radius 2 is 2.00 bits per heavy atom. The average Bonchev–Trinajstić information content (AvgIpc) is 2.99. The molecule has 0 bridgehead atoms. The van der Waals surface area contributed by atoms with Crippen LogP contribution in [-0.4, -0.2) is 31.7 Å². The molecule has 1 heterocycles. The number of thiophene rings is 1. The van der Waals surface area contributed by atoms with E-state index in [1.54, 1.807) is 17.5 Å². The summed E-state index contributed by atoms with van der Waals surface area (Å²) >= 11 is 1.34. The Morgan fingerprint density at radius 1 is 1.26 bits per heavy atom. The maximum Gasteiger partial charge on any atom is 0.305 e. The van der Waals surface area contributed by atoms with Crippen molar-refractivity contribution in [3.63, 3.8) is 0 Å². The lowest BCUT2D eigenvalue weighted by Gasteiger charge is -2.15. The molecule has 1 unspecified atom stereocenters. The third kappa shape index (κ3) is 4.64. The third-order valence-corrected chi connectivity index (χ3v) is 5.19. The lowest BCUT2D eigenvalue weighted by atomic mass is 10.1. The van der Waals surface area contributed by atoms with E-state index in [1.165, 1.54) is 35.6 Å². The normalized spacial score (nSPS) is 12.6. The Labute approximate surface area is 137 Å². The predicted molar refractivity (Wildman–Crippen MR) is 86.3 cm³/mol. The molecule has 2 rings (SSSR count). The molecule has 1 aromatic carbocycles. The maximum absolute atomic E-state index is 12.3. The van der Waals surface area contributed by atoms with E-state index in [4.69, 9.17) is 5.11 Å². The number of benzene rings is 1. The summed E-state index contributed by atoms with van der Waals surface area (Å²) in [6.45, 7) is 0. The predicted octanol–water partition coefficient (Wildman–Crippen LogP) is 2.10. The monoisotopic (exact) mass is 353 g/mol. The van der Waals surface area contributed by atoms with E-state index < -0.39 is 27.8 Å². The van der Waals surface area contributed by atoms with Gasteiger partial charge in [-0.05, 0) is 29.6 Å². The third-order valence-electron chi connectivity index (χ3n) is 3.10. The SMILES string of the molecule is CS(=O)(=O)c1cccc(C(=O)NC(CC(=O)O)c2cccs2)c1. The topological polar surface area (TPSA) is 101 Å². The molecule has 0 aliphatic carbocycles. The van der Waals surface area contributed by atoms with Gasteiger partial charge in [0.25, 0.3) is 5.91 Å². The summed E-state index contributed by atoms with van der Waals surface area (Å²) in [5, 5.41) is 13.4. The Morgan fingerprint density at radius 3 is 2.57 bits per heavy atom. The number of carboxylic acid groups (broad SMARTS) is 1. The molecular weight excluding hydrogens is 338 g/mol. The van der Waals surface area contributed by atoms with Crippen molar-refractivity contribution < 1.29 is 23.1 Å². The van der Waals surface area contributed by atoms with E-state index in [1.807, 2.05) is 0 Å². The molecule has 1 amide bonds. The molecule has 122 valence electrons. The summed E-state index contributed by atoms with van der Waals surface area (Å²) < 4.78 is 23.1. The first kappa shape index (κ1) is 17.2. The van der Waals surface area contributed by atoms with E-state index in [-0.39, 0.29) is 16.9 Å². The van der Waals surface area contributed by atoms with Gasteiger partial charge in [0.15, 0.2) is 9.84 Å². The number of sulfone groups is 1.